The van der Waals surface area contributed by atoms with E-state index in [1.165, 1.54) is 4.90 Å². The van der Waals surface area contributed by atoms with Crippen molar-refractivity contribution in [2.45, 2.75) is 24.9 Å². The number of carboxylic acid groups (broad SMARTS) is 1. The molecule has 0 aromatic heterocycles. The van der Waals surface area contributed by atoms with Gasteiger partial charge in [0.25, 0.3) is 5.91 Å². The van der Waals surface area contributed by atoms with Gasteiger partial charge in [-0.3, -0.25) is 9.59 Å². The van der Waals surface area contributed by atoms with Gasteiger partial charge in [-0.05, 0) is 47.7 Å². The van der Waals surface area contributed by atoms with Crippen molar-refractivity contribution in [3.05, 3.63) is 94.0 Å². The molecule has 0 spiro atoms. The molecule has 31 heavy (non-hydrogen) atoms. The molecule has 5 nitrogen and oxygen atoms in total. The molecule has 0 saturated carbocycles. The molecule has 2 atom stereocenters. The first-order valence-electron chi connectivity index (χ1n) is 10.1. The number of amides is 1. The molecule has 1 saturated heterocycles. The Balaban J connectivity index is 1.56. The molecular weight excluding hydrogens is 414 g/mol. The second-order valence-electron chi connectivity index (χ2n) is 7.82. The molecule has 0 radical (unpaired) electrons. The first-order chi connectivity index (χ1) is 15.0. The van der Waals surface area contributed by atoms with Crippen LogP contribution in [0.1, 0.15) is 50.7 Å². The van der Waals surface area contributed by atoms with E-state index < -0.39 is 24.0 Å². The summed E-state index contributed by atoms with van der Waals surface area (Å²) in [6, 6.07) is 18.1. The molecule has 1 N–H and O–H groups in total. The van der Waals surface area contributed by atoms with Crippen molar-refractivity contribution in [2.24, 2.45) is 0 Å². The monoisotopic (exact) mass is 431 g/mol. The van der Waals surface area contributed by atoms with E-state index in [-0.39, 0.29) is 5.78 Å². The van der Waals surface area contributed by atoms with Gasteiger partial charge in [0.05, 0.1) is 6.04 Å². The van der Waals surface area contributed by atoms with Crippen molar-refractivity contribution < 1.29 is 19.5 Å². The molecule has 6 heteroatoms. The van der Waals surface area contributed by atoms with Gasteiger partial charge in [0, 0.05) is 21.7 Å². The highest BCUT2D eigenvalue weighted by Gasteiger charge is 2.43. The van der Waals surface area contributed by atoms with Crippen LogP contribution in [0.25, 0.3) is 11.1 Å². The highest BCUT2D eigenvalue weighted by atomic mass is 35.5. The number of fused-ring (bicyclic) bond motifs is 3. The predicted octanol–water partition coefficient (Wildman–Crippen LogP) is 4.98. The Kier molecular flexibility index (Phi) is 4.63. The second kappa shape index (κ2) is 7.36. The van der Waals surface area contributed by atoms with Crippen molar-refractivity contribution >= 4 is 29.3 Å². The van der Waals surface area contributed by atoms with Gasteiger partial charge >= 0.3 is 5.97 Å². The Morgan fingerprint density at radius 1 is 0.871 bits per heavy atom. The first kappa shape index (κ1) is 19.5. The topological polar surface area (TPSA) is 74.7 Å². The maximum atomic E-state index is 13.5. The Morgan fingerprint density at radius 3 is 2.29 bits per heavy atom. The van der Waals surface area contributed by atoms with Gasteiger partial charge in [-0.25, -0.2) is 4.79 Å². The van der Waals surface area contributed by atoms with Crippen LogP contribution < -0.4 is 0 Å². The largest absolute Gasteiger partial charge is 0.480 e. The van der Waals surface area contributed by atoms with E-state index in [1.807, 2.05) is 30.3 Å². The number of aliphatic carboxylic acids is 1. The molecular formula is C25H18ClNO4. The average molecular weight is 432 g/mol. The molecule has 0 bridgehead atoms. The lowest BCUT2D eigenvalue weighted by atomic mass is 10.0. The fourth-order valence-corrected chi connectivity index (χ4v) is 4.96. The molecule has 1 aliphatic carbocycles. The first-order valence-corrected chi connectivity index (χ1v) is 10.4. The Hall–Kier alpha value is -3.44. The zero-order valence-corrected chi connectivity index (χ0v) is 17.2. The number of rotatable bonds is 3. The van der Waals surface area contributed by atoms with Crippen LogP contribution in [0, 0.1) is 0 Å². The summed E-state index contributed by atoms with van der Waals surface area (Å²) in [5, 5.41) is 10.2. The summed E-state index contributed by atoms with van der Waals surface area (Å²) in [5.41, 5.74) is 3.74. The lowest BCUT2D eigenvalue weighted by Crippen LogP contribution is -2.42. The van der Waals surface area contributed by atoms with Crippen LogP contribution >= 0.6 is 11.6 Å². The summed E-state index contributed by atoms with van der Waals surface area (Å²) in [7, 11) is 0. The van der Waals surface area contributed by atoms with Gasteiger partial charge < -0.3 is 10.0 Å². The third-order valence-electron chi connectivity index (χ3n) is 6.14. The lowest BCUT2D eigenvalue weighted by molar-refractivity contribution is -0.141. The van der Waals surface area contributed by atoms with E-state index in [9.17, 15) is 19.5 Å². The third-order valence-corrected chi connectivity index (χ3v) is 6.49. The summed E-state index contributed by atoms with van der Waals surface area (Å²) in [5.74, 6) is -1.59. The zero-order chi connectivity index (χ0) is 21.7. The highest BCUT2D eigenvalue weighted by Crippen LogP contribution is 2.41. The number of carboxylic acids is 1. The summed E-state index contributed by atoms with van der Waals surface area (Å²) in [6.45, 7) is 0. The quantitative estimate of drug-likeness (QED) is 0.496. The van der Waals surface area contributed by atoms with Crippen molar-refractivity contribution in [2.75, 3.05) is 0 Å². The normalized spacial score (nSPS) is 19.3. The molecule has 3 aromatic rings. The summed E-state index contributed by atoms with van der Waals surface area (Å²) >= 11 is 6.36. The molecule has 1 fully saturated rings. The van der Waals surface area contributed by atoms with Gasteiger partial charge in [0.2, 0.25) is 0 Å². The fourth-order valence-electron chi connectivity index (χ4n) is 4.70. The molecule has 1 heterocycles. The fraction of sp³-hybridized carbons (Fsp3) is 0.160. The minimum Gasteiger partial charge on any atom is -0.480 e. The maximum Gasteiger partial charge on any atom is 0.326 e. The van der Waals surface area contributed by atoms with Gasteiger partial charge in [0.15, 0.2) is 5.78 Å². The van der Waals surface area contributed by atoms with E-state index in [0.29, 0.717) is 34.6 Å². The van der Waals surface area contributed by atoms with Crippen molar-refractivity contribution in [1.29, 1.82) is 0 Å². The van der Waals surface area contributed by atoms with Crippen molar-refractivity contribution in [1.82, 2.24) is 4.90 Å². The van der Waals surface area contributed by atoms with Gasteiger partial charge in [-0.1, -0.05) is 60.1 Å². The number of hydrogen-bond donors (Lipinski definition) is 1. The molecule has 3 aromatic carbocycles. The van der Waals surface area contributed by atoms with Crippen LogP contribution in [0.2, 0.25) is 5.02 Å². The predicted molar refractivity (Wildman–Crippen MR) is 116 cm³/mol. The minimum atomic E-state index is -1.05. The maximum absolute atomic E-state index is 13.5. The molecule has 1 amide bonds. The molecule has 2 aliphatic rings. The van der Waals surface area contributed by atoms with E-state index in [0.717, 1.165) is 16.7 Å². The standard InChI is InChI=1S/C25H18ClNO4/c26-20-8-4-3-7-18(20)21-11-12-22(25(30)31)27(21)24(29)14-9-10-16-15-5-1-2-6-17(15)23(28)19(16)13-14/h1-10,13,21-22H,11-12H2,(H,30,31)/t21-,22+/m1/s1. The van der Waals surface area contributed by atoms with E-state index in [1.54, 1.807) is 36.4 Å². The number of likely N-dealkylation sites (tertiary alicyclic amines) is 1. The van der Waals surface area contributed by atoms with Crippen LogP contribution in [0.3, 0.4) is 0 Å². The number of carbonyl (C=O) groups excluding carboxylic acids is 2. The van der Waals surface area contributed by atoms with Crippen molar-refractivity contribution in [3.8, 4) is 11.1 Å². The average Bonchev–Trinajstić information content (AvgIpc) is 3.34. The smallest absolute Gasteiger partial charge is 0.326 e. The minimum absolute atomic E-state index is 0.126. The Labute approximate surface area is 183 Å². The van der Waals surface area contributed by atoms with E-state index in [2.05, 4.69) is 0 Å². The lowest BCUT2D eigenvalue weighted by Gasteiger charge is -2.29. The van der Waals surface area contributed by atoms with Crippen LogP contribution in [0.5, 0.6) is 0 Å². The van der Waals surface area contributed by atoms with Crippen LogP contribution in [0.15, 0.2) is 66.7 Å². The Morgan fingerprint density at radius 2 is 1.55 bits per heavy atom. The zero-order valence-electron chi connectivity index (χ0n) is 16.4. The van der Waals surface area contributed by atoms with Gasteiger partial charge in [-0.15, -0.1) is 0 Å². The van der Waals surface area contributed by atoms with E-state index in [4.69, 9.17) is 11.6 Å². The number of hydrogen-bond acceptors (Lipinski definition) is 3. The number of ketones is 1. The SMILES string of the molecule is O=C1c2ccccc2-c2ccc(C(=O)N3[C@@H](c4ccccc4Cl)CC[C@H]3C(=O)O)cc21. The second-order valence-corrected chi connectivity index (χ2v) is 8.22. The van der Waals surface area contributed by atoms with Crippen LogP contribution in [-0.2, 0) is 4.79 Å². The van der Waals surface area contributed by atoms with Crippen molar-refractivity contribution in [3.63, 3.8) is 0 Å². The number of carbonyl (C=O) groups is 3. The molecule has 0 unspecified atom stereocenters. The number of nitrogens with zero attached hydrogens (tertiary/aromatic N) is 1. The summed E-state index contributed by atoms with van der Waals surface area (Å²) in [4.78, 5) is 39.7. The van der Waals surface area contributed by atoms with Crippen LogP contribution in [0.4, 0.5) is 0 Å². The third kappa shape index (κ3) is 3.04. The van der Waals surface area contributed by atoms with Gasteiger partial charge in [-0.2, -0.15) is 0 Å². The number of halogens is 1. The summed E-state index contributed by atoms with van der Waals surface area (Å²) in [6.07, 6.45) is 0.841. The molecule has 154 valence electrons. The van der Waals surface area contributed by atoms with E-state index >= 15 is 0 Å². The van der Waals surface area contributed by atoms with Crippen LogP contribution in [-0.4, -0.2) is 33.7 Å². The number of benzene rings is 3. The molecule has 1 aliphatic heterocycles. The summed E-state index contributed by atoms with van der Waals surface area (Å²) < 4.78 is 0. The molecule has 5 rings (SSSR count). The van der Waals surface area contributed by atoms with Gasteiger partial charge in [0.1, 0.15) is 6.04 Å². The Bertz CT molecular complexity index is 1250. The highest BCUT2D eigenvalue weighted by molar-refractivity contribution is 6.31.